The molecule has 1 fully saturated rings. The molecule has 1 saturated heterocycles. The van der Waals surface area contributed by atoms with Gasteiger partial charge in [-0.1, -0.05) is 47.7 Å². The number of anilines is 1. The van der Waals surface area contributed by atoms with Crippen LogP contribution >= 0.6 is 0 Å². The van der Waals surface area contributed by atoms with E-state index >= 15 is 0 Å². The number of pyridine rings is 1. The van der Waals surface area contributed by atoms with E-state index in [0.717, 1.165) is 40.3 Å². The highest BCUT2D eigenvalue weighted by atomic mass is 16.5. The third-order valence-corrected chi connectivity index (χ3v) is 8.63. The number of aromatic nitrogens is 5. The molecule has 1 amide bonds. The lowest BCUT2D eigenvalue weighted by Gasteiger charge is -2.33. The van der Waals surface area contributed by atoms with Crippen molar-refractivity contribution in [1.29, 1.82) is 0 Å². The molecule has 44 heavy (non-hydrogen) atoms. The molecule has 3 aromatic heterocycles. The Hall–Kier alpha value is -4.28. The van der Waals surface area contributed by atoms with Gasteiger partial charge in [-0.2, -0.15) is 0 Å². The SMILES string of the molecule is Cn1nnc(N(C(=O)O)C(C)(C)C)c1-c1cnc2c3ccc(C(C)(C)O)cc3n([C@H](c3ccccc3)C3CCOCC3)c2c1. The highest BCUT2D eigenvalue weighted by Crippen LogP contribution is 2.43. The Kier molecular flexibility index (Phi) is 7.45. The summed E-state index contributed by atoms with van der Waals surface area (Å²) in [6.07, 6.45) is 2.49. The van der Waals surface area contributed by atoms with E-state index in [1.54, 1.807) is 31.8 Å². The average Bonchev–Trinajstić information content (AvgIpc) is 3.50. The summed E-state index contributed by atoms with van der Waals surface area (Å²) in [5.41, 5.74) is 4.22. The summed E-state index contributed by atoms with van der Waals surface area (Å²) in [6, 6.07) is 18.7. The molecule has 0 bridgehead atoms. The predicted molar refractivity (Wildman–Crippen MR) is 171 cm³/mol. The summed E-state index contributed by atoms with van der Waals surface area (Å²) in [7, 11) is 1.76. The number of fused-ring (bicyclic) bond motifs is 3. The molecule has 0 unspecified atom stereocenters. The fourth-order valence-corrected chi connectivity index (χ4v) is 6.54. The van der Waals surface area contributed by atoms with Crippen molar-refractivity contribution in [1.82, 2.24) is 24.5 Å². The monoisotopic (exact) mass is 596 g/mol. The van der Waals surface area contributed by atoms with E-state index in [1.165, 1.54) is 10.5 Å². The summed E-state index contributed by atoms with van der Waals surface area (Å²) >= 11 is 0. The van der Waals surface area contributed by atoms with Crippen molar-refractivity contribution in [2.75, 3.05) is 18.1 Å². The minimum absolute atomic E-state index is 0.0246. The number of hydrogen-bond donors (Lipinski definition) is 2. The Bertz CT molecular complexity index is 1820. The molecule has 0 spiro atoms. The molecule has 0 aliphatic carbocycles. The van der Waals surface area contributed by atoms with Gasteiger partial charge in [0.15, 0.2) is 5.82 Å². The Labute approximate surface area is 256 Å². The van der Waals surface area contributed by atoms with Crippen LogP contribution in [0.3, 0.4) is 0 Å². The van der Waals surface area contributed by atoms with Crippen molar-refractivity contribution < 1.29 is 19.7 Å². The van der Waals surface area contributed by atoms with Gasteiger partial charge in [-0.25, -0.2) is 9.48 Å². The van der Waals surface area contributed by atoms with Crippen LogP contribution in [0.15, 0.2) is 60.8 Å². The number of aryl methyl sites for hydroxylation is 1. The van der Waals surface area contributed by atoms with Gasteiger partial charge in [0.25, 0.3) is 0 Å². The van der Waals surface area contributed by atoms with Crippen molar-refractivity contribution in [3.8, 4) is 11.3 Å². The maximum atomic E-state index is 12.5. The van der Waals surface area contributed by atoms with E-state index in [9.17, 15) is 15.0 Å². The van der Waals surface area contributed by atoms with Gasteiger partial charge in [0.05, 0.1) is 28.2 Å². The second-order valence-electron chi connectivity index (χ2n) is 13.2. The lowest BCUT2D eigenvalue weighted by Crippen LogP contribution is -2.45. The quantitative estimate of drug-likeness (QED) is 0.229. The zero-order valence-corrected chi connectivity index (χ0v) is 26.2. The fourth-order valence-electron chi connectivity index (χ4n) is 6.54. The zero-order valence-electron chi connectivity index (χ0n) is 26.2. The second-order valence-corrected chi connectivity index (χ2v) is 13.2. The Morgan fingerprint density at radius 3 is 2.36 bits per heavy atom. The maximum Gasteiger partial charge on any atom is 0.413 e. The van der Waals surface area contributed by atoms with Gasteiger partial charge in [0, 0.05) is 42.9 Å². The number of carboxylic acid groups (broad SMARTS) is 1. The third kappa shape index (κ3) is 5.22. The Morgan fingerprint density at radius 1 is 1.02 bits per heavy atom. The van der Waals surface area contributed by atoms with Crippen LogP contribution in [-0.2, 0) is 17.4 Å². The lowest BCUT2D eigenvalue weighted by molar-refractivity contribution is 0.0552. The van der Waals surface area contributed by atoms with E-state index in [4.69, 9.17) is 9.72 Å². The summed E-state index contributed by atoms with van der Waals surface area (Å²) < 4.78 is 9.75. The summed E-state index contributed by atoms with van der Waals surface area (Å²) in [5.74, 6) is 0.557. The minimum Gasteiger partial charge on any atom is -0.465 e. The van der Waals surface area contributed by atoms with Crippen LogP contribution in [0.5, 0.6) is 0 Å². The van der Waals surface area contributed by atoms with Crippen LogP contribution in [0.1, 0.15) is 64.6 Å². The van der Waals surface area contributed by atoms with Crippen molar-refractivity contribution in [3.05, 3.63) is 71.9 Å². The number of rotatable bonds is 6. The van der Waals surface area contributed by atoms with Gasteiger partial charge in [0.1, 0.15) is 5.69 Å². The number of carbonyl (C=O) groups is 1. The van der Waals surface area contributed by atoms with Crippen LogP contribution in [0.25, 0.3) is 33.2 Å². The molecule has 0 radical (unpaired) electrons. The molecule has 10 nitrogen and oxygen atoms in total. The van der Waals surface area contributed by atoms with Crippen LogP contribution < -0.4 is 4.90 Å². The Morgan fingerprint density at radius 2 is 1.73 bits per heavy atom. The van der Waals surface area contributed by atoms with Crippen molar-refractivity contribution >= 4 is 33.8 Å². The normalized spacial score (nSPS) is 15.6. The Balaban J connectivity index is 1.67. The third-order valence-electron chi connectivity index (χ3n) is 8.63. The van der Waals surface area contributed by atoms with Crippen LogP contribution in [0.2, 0.25) is 0 Å². The first-order chi connectivity index (χ1) is 20.9. The van der Waals surface area contributed by atoms with E-state index in [0.29, 0.717) is 30.4 Å². The van der Waals surface area contributed by atoms with Gasteiger partial charge in [-0.15, -0.1) is 5.10 Å². The summed E-state index contributed by atoms with van der Waals surface area (Å²) in [5, 5.41) is 30.7. The van der Waals surface area contributed by atoms with E-state index in [2.05, 4.69) is 51.3 Å². The topological polar surface area (TPSA) is 119 Å². The maximum absolute atomic E-state index is 12.5. The first-order valence-corrected chi connectivity index (χ1v) is 15.1. The number of ether oxygens (including phenoxy) is 1. The number of amides is 1. The first-order valence-electron chi connectivity index (χ1n) is 15.1. The summed E-state index contributed by atoms with van der Waals surface area (Å²) in [4.78, 5) is 18.7. The predicted octanol–water partition coefficient (Wildman–Crippen LogP) is 6.51. The van der Waals surface area contributed by atoms with Gasteiger partial charge >= 0.3 is 6.09 Å². The fraction of sp³-hybridized carbons (Fsp3) is 0.412. The van der Waals surface area contributed by atoms with Crippen LogP contribution in [0, 0.1) is 5.92 Å². The standard InChI is InChI=1S/C34H40N6O4/c1-33(2,3)40(32(41)42)31-30(38(6)37-36-31)23-18-27-28(35-20-23)25-13-12-24(34(4,5)43)19-26(25)39(27)29(21-10-8-7-9-11-21)22-14-16-44-17-15-22/h7-13,18-20,22,29,43H,14-17H2,1-6H3,(H,41,42)/t29-/m1/s1. The van der Waals surface area contributed by atoms with E-state index in [1.807, 2.05) is 39.0 Å². The van der Waals surface area contributed by atoms with Crippen molar-refractivity contribution in [2.24, 2.45) is 13.0 Å². The largest absolute Gasteiger partial charge is 0.465 e. The number of nitrogens with zero attached hydrogens (tertiary/aromatic N) is 6. The van der Waals surface area contributed by atoms with E-state index in [-0.39, 0.29) is 11.9 Å². The molecule has 1 atom stereocenters. The molecule has 10 heteroatoms. The summed E-state index contributed by atoms with van der Waals surface area (Å²) in [6.45, 7) is 10.5. The molecule has 4 heterocycles. The zero-order chi connectivity index (χ0) is 31.4. The van der Waals surface area contributed by atoms with Crippen molar-refractivity contribution in [2.45, 2.75) is 64.6 Å². The molecule has 230 valence electrons. The molecule has 0 saturated carbocycles. The molecule has 2 N–H and O–H groups in total. The first kappa shape index (κ1) is 29.8. The number of benzene rings is 2. The number of aliphatic hydroxyl groups is 1. The molecule has 6 rings (SSSR count). The molecular weight excluding hydrogens is 556 g/mol. The smallest absolute Gasteiger partial charge is 0.413 e. The number of hydrogen-bond acceptors (Lipinski definition) is 6. The van der Waals surface area contributed by atoms with Gasteiger partial charge in [0.2, 0.25) is 0 Å². The van der Waals surface area contributed by atoms with E-state index < -0.39 is 17.2 Å². The second kappa shape index (κ2) is 11.0. The van der Waals surface area contributed by atoms with Gasteiger partial charge < -0.3 is 19.5 Å². The lowest BCUT2D eigenvalue weighted by atomic mass is 9.86. The van der Waals surface area contributed by atoms with Gasteiger partial charge in [-0.05, 0) is 76.6 Å². The van der Waals surface area contributed by atoms with Crippen LogP contribution in [-0.4, -0.2) is 59.6 Å². The molecule has 1 aliphatic heterocycles. The van der Waals surface area contributed by atoms with Crippen LogP contribution in [0.4, 0.5) is 10.6 Å². The molecule has 1 aliphatic rings. The highest BCUT2D eigenvalue weighted by Gasteiger charge is 2.35. The molecule has 5 aromatic rings. The van der Waals surface area contributed by atoms with Crippen molar-refractivity contribution in [3.63, 3.8) is 0 Å². The average molecular weight is 597 g/mol. The van der Waals surface area contributed by atoms with Gasteiger partial charge in [-0.3, -0.25) is 9.88 Å². The minimum atomic E-state index is -1.11. The highest BCUT2D eigenvalue weighted by molar-refractivity contribution is 6.07. The molecular formula is C34H40N6O4. The molecule has 2 aromatic carbocycles.